The molecule has 5 aliphatic rings. The predicted octanol–water partition coefficient (Wildman–Crippen LogP) is 4.24. The average molecular weight is 274 g/mol. The van der Waals surface area contributed by atoms with Crippen molar-refractivity contribution in [3.8, 4) is 0 Å². The molecule has 20 heavy (non-hydrogen) atoms. The zero-order valence-electron chi connectivity index (χ0n) is 12.8. The van der Waals surface area contributed by atoms with Gasteiger partial charge in [-0.15, -0.1) is 0 Å². The number of carbonyl (C=O) groups is 1. The van der Waals surface area contributed by atoms with E-state index in [1.807, 2.05) is 0 Å². The molecule has 0 aliphatic heterocycles. The number of hydrogen-bond acceptors (Lipinski definition) is 2. The van der Waals surface area contributed by atoms with Gasteiger partial charge < -0.3 is 4.74 Å². The highest BCUT2D eigenvalue weighted by atomic mass is 16.5. The van der Waals surface area contributed by atoms with E-state index >= 15 is 0 Å². The second kappa shape index (κ2) is 4.11. The molecule has 2 nitrogen and oxygen atoms in total. The van der Waals surface area contributed by atoms with Gasteiger partial charge in [-0.2, -0.15) is 0 Å². The lowest BCUT2D eigenvalue weighted by atomic mass is 9.54. The van der Waals surface area contributed by atoms with Crippen LogP contribution in [0.5, 0.6) is 0 Å². The van der Waals surface area contributed by atoms with Crippen molar-refractivity contribution >= 4 is 5.78 Å². The van der Waals surface area contributed by atoms with Crippen molar-refractivity contribution < 1.29 is 9.53 Å². The lowest BCUT2D eigenvalue weighted by Gasteiger charge is -2.56. The first-order chi connectivity index (χ1) is 9.41. The van der Waals surface area contributed by atoms with Gasteiger partial charge in [-0.1, -0.05) is 13.8 Å². The predicted molar refractivity (Wildman–Crippen MR) is 78.1 cm³/mol. The van der Waals surface area contributed by atoms with Crippen molar-refractivity contribution in [2.45, 2.75) is 70.8 Å². The zero-order valence-corrected chi connectivity index (χ0v) is 12.8. The topological polar surface area (TPSA) is 26.3 Å². The van der Waals surface area contributed by atoms with Crippen LogP contribution in [-0.4, -0.2) is 11.4 Å². The molecule has 110 valence electrons. The summed E-state index contributed by atoms with van der Waals surface area (Å²) in [5, 5.41) is 0. The van der Waals surface area contributed by atoms with Gasteiger partial charge in [0.25, 0.3) is 0 Å². The Morgan fingerprint density at radius 2 is 1.55 bits per heavy atom. The maximum absolute atomic E-state index is 11.9. The fraction of sp³-hybridized carbons (Fsp3) is 0.833. The van der Waals surface area contributed by atoms with Crippen LogP contribution in [0, 0.1) is 23.2 Å². The maximum Gasteiger partial charge on any atom is 0.159 e. The van der Waals surface area contributed by atoms with E-state index in [1.165, 1.54) is 38.5 Å². The Labute approximate surface area is 122 Å². The second-order valence-electron chi connectivity index (χ2n) is 8.80. The fourth-order valence-electron chi connectivity index (χ4n) is 5.79. The first-order valence-corrected chi connectivity index (χ1v) is 8.34. The van der Waals surface area contributed by atoms with E-state index in [4.69, 9.17) is 4.74 Å². The largest absolute Gasteiger partial charge is 0.491 e. The Morgan fingerprint density at radius 1 is 1.00 bits per heavy atom. The highest BCUT2D eigenvalue weighted by molar-refractivity contribution is 5.91. The monoisotopic (exact) mass is 274 g/mol. The minimum Gasteiger partial charge on any atom is -0.491 e. The third-order valence-electron chi connectivity index (χ3n) is 5.96. The lowest BCUT2D eigenvalue weighted by Crippen LogP contribution is -2.52. The van der Waals surface area contributed by atoms with Crippen molar-refractivity contribution in [1.29, 1.82) is 0 Å². The van der Waals surface area contributed by atoms with E-state index in [-0.39, 0.29) is 16.8 Å². The smallest absolute Gasteiger partial charge is 0.159 e. The number of rotatable bonds is 2. The van der Waals surface area contributed by atoms with Gasteiger partial charge in [-0.25, -0.2) is 0 Å². The normalized spacial score (nSPS) is 45.4. The molecule has 0 radical (unpaired) electrons. The van der Waals surface area contributed by atoms with E-state index < -0.39 is 0 Å². The zero-order chi connectivity index (χ0) is 14.0. The molecule has 5 rings (SSSR count). The summed E-state index contributed by atoms with van der Waals surface area (Å²) in [6, 6.07) is 0. The van der Waals surface area contributed by atoms with Gasteiger partial charge in [0.15, 0.2) is 5.78 Å². The van der Waals surface area contributed by atoms with Crippen molar-refractivity contribution in [2.24, 2.45) is 23.2 Å². The molecule has 0 aromatic rings. The number of allylic oxidation sites excluding steroid dienone is 2. The molecule has 4 bridgehead atoms. The molecule has 0 saturated heterocycles. The van der Waals surface area contributed by atoms with Crippen LogP contribution >= 0.6 is 0 Å². The first-order valence-electron chi connectivity index (χ1n) is 8.34. The fourth-order valence-corrected chi connectivity index (χ4v) is 5.79. The first kappa shape index (κ1) is 12.9. The summed E-state index contributed by atoms with van der Waals surface area (Å²) in [6.07, 6.45) is 11.4. The second-order valence-corrected chi connectivity index (χ2v) is 8.80. The van der Waals surface area contributed by atoms with Crippen LogP contribution in [0.1, 0.15) is 65.2 Å². The van der Waals surface area contributed by atoms with Gasteiger partial charge in [0.2, 0.25) is 0 Å². The molecule has 0 N–H and O–H groups in total. The van der Waals surface area contributed by atoms with Crippen molar-refractivity contribution in [2.75, 3.05) is 0 Å². The third kappa shape index (κ3) is 2.21. The van der Waals surface area contributed by atoms with E-state index in [0.717, 1.165) is 29.9 Å². The van der Waals surface area contributed by atoms with Crippen LogP contribution in [0.3, 0.4) is 0 Å². The highest BCUT2D eigenvalue weighted by Crippen LogP contribution is 2.58. The molecule has 0 aromatic carbocycles. The standard InChI is InChI=1S/C18H26O2/c1-17(2)10-15(19)6-16(11-17)20-18-7-12-3-13(8-18)5-14(4-12)9-18/h6,12-14H,3-5,7-11H2,1-2H3. The number of carbonyl (C=O) groups excluding carboxylic acids is 1. The summed E-state index contributed by atoms with van der Waals surface area (Å²) in [7, 11) is 0. The van der Waals surface area contributed by atoms with Crippen LogP contribution < -0.4 is 0 Å². The summed E-state index contributed by atoms with van der Waals surface area (Å²) in [4.78, 5) is 11.9. The van der Waals surface area contributed by atoms with Crippen LogP contribution in [-0.2, 0) is 9.53 Å². The number of ether oxygens (including phenoxy) is 1. The van der Waals surface area contributed by atoms with Crippen molar-refractivity contribution in [3.05, 3.63) is 11.8 Å². The summed E-state index contributed by atoms with van der Waals surface area (Å²) in [5.74, 6) is 3.92. The van der Waals surface area contributed by atoms with Gasteiger partial charge in [0, 0.05) is 18.9 Å². The van der Waals surface area contributed by atoms with Crippen LogP contribution in [0.4, 0.5) is 0 Å². The molecular weight excluding hydrogens is 248 g/mol. The molecule has 2 heteroatoms. The Balaban J connectivity index is 1.55. The van der Waals surface area contributed by atoms with Crippen LogP contribution in [0.2, 0.25) is 0 Å². The van der Waals surface area contributed by atoms with Gasteiger partial charge in [-0.05, 0) is 61.7 Å². The Morgan fingerprint density at radius 3 is 2.05 bits per heavy atom. The van der Waals surface area contributed by atoms with Crippen molar-refractivity contribution in [1.82, 2.24) is 0 Å². The minimum absolute atomic E-state index is 0.0729. The lowest BCUT2D eigenvalue weighted by molar-refractivity contribution is -0.145. The number of ketones is 1. The summed E-state index contributed by atoms with van der Waals surface area (Å²) in [6.45, 7) is 4.36. The van der Waals surface area contributed by atoms with Gasteiger partial charge >= 0.3 is 0 Å². The van der Waals surface area contributed by atoms with Crippen molar-refractivity contribution in [3.63, 3.8) is 0 Å². The average Bonchev–Trinajstić information content (AvgIpc) is 2.21. The SMILES string of the molecule is CC1(C)CC(=O)C=C(OC23CC4CC(CC(C4)C2)C3)C1. The van der Waals surface area contributed by atoms with E-state index in [1.54, 1.807) is 6.08 Å². The number of hydrogen-bond donors (Lipinski definition) is 0. The van der Waals surface area contributed by atoms with E-state index in [0.29, 0.717) is 6.42 Å². The van der Waals surface area contributed by atoms with Crippen LogP contribution in [0.15, 0.2) is 11.8 Å². The third-order valence-corrected chi connectivity index (χ3v) is 5.96. The molecule has 0 unspecified atom stereocenters. The molecule has 0 aromatic heterocycles. The van der Waals surface area contributed by atoms with E-state index in [2.05, 4.69) is 13.8 Å². The van der Waals surface area contributed by atoms with E-state index in [9.17, 15) is 4.79 Å². The molecule has 0 spiro atoms. The maximum atomic E-state index is 11.9. The molecule has 4 saturated carbocycles. The molecule has 0 amide bonds. The summed E-state index contributed by atoms with van der Waals surface area (Å²) >= 11 is 0. The van der Waals surface area contributed by atoms with Gasteiger partial charge in [0.1, 0.15) is 11.4 Å². The molecular formula is C18H26O2. The molecule has 0 heterocycles. The summed E-state index contributed by atoms with van der Waals surface area (Å²) in [5.41, 5.74) is 0.164. The summed E-state index contributed by atoms with van der Waals surface area (Å²) < 4.78 is 6.54. The Hall–Kier alpha value is -0.790. The Bertz CT molecular complexity index is 437. The Kier molecular flexibility index (Phi) is 2.66. The quantitative estimate of drug-likeness (QED) is 0.752. The molecule has 5 aliphatic carbocycles. The van der Waals surface area contributed by atoms with Crippen LogP contribution in [0.25, 0.3) is 0 Å². The highest BCUT2D eigenvalue weighted by Gasteiger charge is 2.53. The van der Waals surface area contributed by atoms with Gasteiger partial charge in [0.05, 0.1) is 0 Å². The van der Waals surface area contributed by atoms with Gasteiger partial charge in [-0.3, -0.25) is 4.79 Å². The molecule has 0 atom stereocenters. The molecule has 4 fully saturated rings. The minimum atomic E-state index is 0.0729.